The Morgan fingerprint density at radius 1 is 1.29 bits per heavy atom. The van der Waals surface area contributed by atoms with E-state index in [4.69, 9.17) is 0 Å². The first-order chi connectivity index (χ1) is 10.2. The van der Waals surface area contributed by atoms with Gasteiger partial charge in [0.25, 0.3) is 0 Å². The van der Waals surface area contributed by atoms with Crippen molar-refractivity contribution in [3.05, 3.63) is 53.6 Å². The van der Waals surface area contributed by atoms with Crippen LogP contribution in [0, 0.1) is 18.3 Å². The second-order valence-corrected chi connectivity index (χ2v) is 5.81. The van der Waals surface area contributed by atoms with Crippen LogP contribution in [0.4, 0.5) is 0 Å². The van der Waals surface area contributed by atoms with Crippen molar-refractivity contribution in [3.8, 4) is 6.07 Å². The fourth-order valence-electron chi connectivity index (χ4n) is 3.07. The molecule has 21 heavy (non-hydrogen) atoms. The average molecular weight is 280 g/mol. The third-order valence-corrected chi connectivity index (χ3v) is 4.56. The summed E-state index contributed by atoms with van der Waals surface area (Å²) in [6.45, 7) is 4.80. The van der Waals surface area contributed by atoms with Gasteiger partial charge < -0.3 is 4.98 Å². The number of aromatic amines is 1. The Morgan fingerprint density at radius 2 is 2.00 bits per heavy atom. The summed E-state index contributed by atoms with van der Waals surface area (Å²) < 4.78 is 0. The molecule has 2 heterocycles. The Balaban J connectivity index is 1.69. The molecule has 1 aromatic heterocycles. The molecular formula is C17H20N4. The number of aromatic nitrogens is 2. The summed E-state index contributed by atoms with van der Waals surface area (Å²) in [5.41, 5.74) is 3.08. The minimum atomic E-state index is -0.321. The lowest BCUT2D eigenvalue weighted by atomic mass is 9.74. The first kappa shape index (κ1) is 13.8. The molecule has 0 atom stereocenters. The Kier molecular flexibility index (Phi) is 3.76. The summed E-state index contributed by atoms with van der Waals surface area (Å²) >= 11 is 0. The maximum absolute atomic E-state index is 9.70. The summed E-state index contributed by atoms with van der Waals surface area (Å²) in [7, 11) is 0. The molecule has 0 saturated carbocycles. The van der Waals surface area contributed by atoms with Crippen molar-refractivity contribution in [1.82, 2.24) is 14.9 Å². The average Bonchev–Trinajstić information content (AvgIpc) is 2.94. The van der Waals surface area contributed by atoms with E-state index in [9.17, 15) is 5.26 Å². The zero-order valence-corrected chi connectivity index (χ0v) is 12.3. The molecule has 0 amide bonds. The van der Waals surface area contributed by atoms with Crippen LogP contribution in [0.3, 0.4) is 0 Å². The van der Waals surface area contributed by atoms with E-state index in [1.54, 1.807) is 6.33 Å². The highest BCUT2D eigenvalue weighted by molar-refractivity contribution is 5.33. The van der Waals surface area contributed by atoms with Gasteiger partial charge in [0.15, 0.2) is 0 Å². The number of hydrogen-bond donors (Lipinski definition) is 1. The van der Waals surface area contributed by atoms with Crippen molar-refractivity contribution in [2.24, 2.45) is 0 Å². The number of nitrogens with one attached hydrogen (secondary N) is 1. The monoisotopic (exact) mass is 280 g/mol. The lowest BCUT2D eigenvalue weighted by molar-refractivity contribution is 0.177. The first-order valence-corrected chi connectivity index (χ1v) is 7.41. The zero-order valence-electron chi connectivity index (χ0n) is 12.3. The number of rotatable bonds is 3. The number of benzene rings is 1. The van der Waals surface area contributed by atoms with E-state index in [1.165, 1.54) is 0 Å². The highest BCUT2D eigenvalue weighted by Gasteiger charge is 2.36. The van der Waals surface area contributed by atoms with Gasteiger partial charge in [-0.1, -0.05) is 30.3 Å². The Bertz CT molecular complexity index is 630. The van der Waals surface area contributed by atoms with Crippen LogP contribution < -0.4 is 0 Å². The number of imidazole rings is 1. The van der Waals surface area contributed by atoms with Gasteiger partial charge in [-0.2, -0.15) is 5.26 Å². The summed E-state index contributed by atoms with van der Waals surface area (Å²) in [6.07, 6.45) is 3.52. The first-order valence-electron chi connectivity index (χ1n) is 7.41. The van der Waals surface area contributed by atoms with Gasteiger partial charge in [-0.3, -0.25) is 4.90 Å². The van der Waals surface area contributed by atoms with Gasteiger partial charge in [0.2, 0.25) is 0 Å². The minimum Gasteiger partial charge on any atom is -0.348 e. The summed E-state index contributed by atoms with van der Waals surface area (Å²) in [6, 6.07) is 12.8. The summed E-state index contributed by atoms with van der Waals surface area (Å²) in [4.78, 5) is 9.87. The molecule has 0 spiro atoms. The van der Waals surface area contributed by atoms with Crippen molar-refractivity contribution >= 4 is 0 Å². The maximum atomic E-state index is 9.70. The van der Waals surface area contributed by atoms with E-state index in [-0.39, 0.29) is 5.41 Å². The number of nitriles is 1. The van der Waals surface area contributed by atoms with E-state index in [2.05, 4.69) is 40.0 Å². The third-order valence-electron chi connectivity index (χ3n) is 4.56. The van der Waals surface area contributed by atoms with Crippen LogP contribution in [0.15, 0.2) is 36.7 Å². The fourth-order valence-corrected chi connectivity index (χ4v) is 3.07. The molecule has 1 N–H and O–H groups in total. The molecule has 3 rings (SSSR count). The molecule has 4 heteroatoms. The topological polar surface area (TPSA) is 55.7 Å². The molecule has 0 unspecified atom stereocenters. The van der Waals surface area contributed by atoms with E-state index in [1.807, 2.05) is 18.2 Å². The molecule has 1 aromatic carbocycles. The van der Waals surface area contributed by atoms with E-state index in [0.717, 1.165) is 49.4 Å². The third kappa shape index (κ3) is 2.70. The van der Waals surface area contributed by atoms with Gasteiger partial charge >= 0.3 is 0 Å². The molecule has 4 nitrogen and oxygen atoms in total. The molecule has 0 bridgehead atoms. The van der Waals surface area contributed by atoms with Gasteiger partial charge in [0.05, 0.1) is 23.5 Å². The smallest absolute Gasteiger partial charge is 0.0925 e. The molecule has 1 fully saturated rings. The van der Waals surface area contributed by atoms with Crippen molar-refractivity contribution in [1.29, 1.82) is 5.26 Å². The molecule has 2 aromatic rings. The molecule has 1 aliphatic heterocycles. The highest BCUT2D eigenvalue weighted by atomic mass is 15.1. The van der Waals surface area contributed by atoms with Crippen molar-refractivity contribution < 1.29 is 0 Å². The molecule has 0 aliphatic carbocycles. The number of piperidine rings is 1. The number of likely N-dealkylation sites (tertiary alicyclic amines) is 1. The van der Waals surface area contributed by atoms with Gasteiger partial charge in [0, 0.05) is 25.3 Å². The van der Waals surface area contributed by atoms with Crippen molar-refractivity contribution in [2.45, 2.75) is 31.7 Å². The van der Waals surface area contributed by atoms with Crippen molar-refractivity contribution in [3.63, 3.8) is 0 Å². The van der Waals surface area contributed by atoms with Gasteiger partial charge in [-0.15, -0.1) is 0 Å². The Morgan fingerprint density at radius 3 is 2.57 bits per heavy atom. The quantitative estimate of drug-likeness (QED) is 0.940. The normalized spacial score (nSPS) is 18.3. The second-order valence-electron chi connectivity index (χ2n) is 5.81. The predicted molar refractivity (Wildman–Crippen MR) is 81.6 cm³/mol. The lowest BCUT2D eigenvalue weighted by Crippen LogP contribution is -2.41. The van der Waals surface area contributed by atoms with Crippen LogP contribution in [-0.2, 0) is 12.0 Å². The fraction of sp³-hybridized carbons (Fsp3) is 0.412. The standard InChI is InChI=1S/C17H20N4/c1-14-16(20-13-19-14)11-21-9-7-17(12-18,8-10-21)15-5-3-2-4-6-15/h2-6,13H,7-11H2,1H3,(H,19,20). The van der Waals surface area contributed by atoms with Gasteiger partial charge in [-0.05, 0) is 25.3 Å². The Labute approximate surface area is 125 Å². The van der Waals surface area contributed by atoms with Crippen LogP contribution >= 0.6 is 0 Å². The summed E-state index contributed by atoms with van der Waals surface area (Å²) in [5.74, 6) is 0. The number of hydrogen-bond acceptors (Lipinski definition) is 3. The number of H-pyrrole nitrogens is 1. The maximum Gasteiger partial charge on any atom is 0.0925 e. The lowest BCUT2D eigenvalue weighted by Gasteiger charge is -2.37. The number of nitrogens with zero attached hydrogens (tertiary/aromatic N) is 3. The largest absolute Gasteiger partial charge is 0.348 e. The van der Waals surface area contributed by atoms with Gasteiger partial charge in [0.1, 0.15) is 0 Å². The molecule has 0 radical (unpaired) electrons. The minimum absolute atomic E-state index is 0.321. The zero-order chi connectivity index (χ0) is 14.7. The Hall–Kier alpha value is -2.12. The second kappa shape index (κ2) is 5.71. The van der Waals surface area contributed by atoms with Crippen molar-refractivity contribution in [2.75, 3.05) is 13.1 Å². The van der Waals surface area contributed by atoms with Crippen LogP contribution in [0.5, 0.6) is 0 Å². The van der Waals surface area contributed by atoms with Crippen LogP contribution in [0.1, 0.15) is 29.8 Å². The van der Waals surface area contributed by atoms with Crippen LogP contribution in [-0.4, -0.2) is 28.0 Å². The SMILES string of the molecule is Cc1[nH]cnc1CN1CCC(C#N)(c2ccccc2)CC1. The van der Waals surface area contributed by atoms with Crippen LogP contribution in [0.25, 0.3) is 0 Å². The molecule has 1 saturated heterocycles. The summed E-state index contributed by atoms with van der Waals surface area (Å²) in [5, 5.41) is 9.70. The van der Waals surface area contributed by atoms with Gasteiger partial charge in [-0.25, -0.2) is 4.98 Å². The van der Waals surface area contributed by atoms with E-state index in [0.29, 0.717) is 0 Å². The molecule has 108 valence electrons. The van der Waals surface area contributed by atoms with E-state index < -0.39 is 0 Å². The predicted octanol–water partition coefficient (Wildman–Crippen LogP) is 2.78. The van der Waals surface area contributed by atoms with Crippen LogP contribution in [0.2, 0.25) is 0 Å². The molecule has 1 aliphatic rings. The molecular weight excluding hydrogens is 260 g/mol. The van der Waals surface area contributed by atoms with E-state index >= 15 is 0 Å². The number of aryl methyl sites for hydroxylation is 1. The highest BCUT2D eigenvalue weighted by Crippen LogP contribution is 2.35.